The van der Waals surface area contributed by atoms with Crippen molar-refractivity contribution in [1.29, 1.82) is 0 Å². The summed E-state index contributed by atoms with van der Waals surface area (Å²) in [6.07, 6.45) is 12.5. The molecule has 3 rings (SSSR count). The molecule has 1 aliphatic carbocycles. The van der Waals surface area contributed by atoms with Crippen LogP contribution in [-0.4, -0.2) is 22.0 Å². The highest BCUT2D eigenvalue weighted by Gasteiger charge is 2.16. The van der Waals surface area contributed by atoms with E-state index in [1.165, 1.54) is 49.9 Å². The molecule has 1 fully saturated rings. The summed E-state index contributed by atoms with van der Waals surface area (Å²) in [6, 6.07) is 8.53. The van der Waals surface area contributed by atoms with Gasteiger partial charge >= 0.3 is 0 Å². The average molecular weight is 382 g/mol. The van der Waals surface area contributed by atoms with E-state index in [0.29, 0.717) is 5.57 Å². The smallest absolute Gasteiger partial charge is 0.246 e. The Kier molecular flexibility index (Phi) is 7.70. The summed E-state index contributed by atoms with van der Waals surface area (Å²) < 4.78 is 2.47. The molecule has 1 amide bonds. The van der Waals surface area contributed by atoms with E-state index in [9.17, 15) is 4.79 Å². The molecule has 1 saturated carbocycles. The molecule has 0 radical (unpaired) electrons. The minimum Gasteiger partial charge on any atom is -0.352 e. The average Bonchev–Trinajstić information content (AvgIpc) is 3.07. The molecular weight excluding hydrogens is 346 g/mol. The van der Waals surface area contributed by atoms with Crippen molar-refractivity contribution in [1.82, 2.24) is 14.9 Å². The van der Waals surface area contributed by atoms with Crippen molar-refractivity contribution in [2.24, 2.45) is 5.92 Å². The molecule has 4 heteroatoms. The Labute approximate surface area is 169 Å². The molecule has 2 aromatic rings. The number of para-hydroxylation sites is 2. The van der Waals surface area contributed by atoms with Gasteiger partial charge < -0.3 is 9.88 Å². The van der Waals surface area contributed by atoms with Crippen LogP contribution in [0.5, 0.6) is 0 Å². The van der Waals surface area contributed by atoms with Gasteiger partial charge in [-0.2, -0.15) is 0 Å². The van der Waals surface area contributed by atoms with E-state index in [1.54, 1.807) is 6.92 Å². The Morgan fingerprint density at radius 3 is 2.75 bits per heavy atom. The maximum atomic E-state index is 11.5. The molecule has 0 atom stereocenters. The first-order chi connectivity index (χ1) is 13.6. The van der Waals surface area contributed by atoms with Gasteiger partial charge in [0.1, 0.15) is 5.82 Å². The quantitative estimate of drug-likeness (QED) is 0.442. The topological polar surface area (TPSA) is 46.9 Å². The number of nitrogens with one attached hydrogen (secondary N) is 1. The number of carbonyl (C=O) groups excluding carboxylic acids is 1. The Bertz CT molecular complexity index is 786. The zero-order valence-corrected chi connectivity index (χ0v) is 17.4. The summed E-state index contributed by atoms with van der Waals surface area (Å²) >= 11 is 0. The Balaban J connectivity index is 1.53. The number of unbranched alkanes of at least 4 members (excludes halogenated alkanes) is 2. The van der Waals surface area contributed by atoms with Gasteiger partial charge in [-0.25, -0.2) is 4.98 Å². The molecule has 1 heterocycles. The summed E-state index contributed by atoms with van der Waals surface area (Å²) in [5, 5.41) is 2.91. The van der Waals surface area contributed by atoms with Gasteiger partial charge in [0.05, 0.1) is 11.0 Å². The van der Waals surface area contributed by atoms with Gasteiger partial charge in [0.2, 0.25) is 5.91 Å². The number of carbonyl (C=O) groups is 1. The lowest BCUT2D eigenvalue weighted by Gasteiger charge is -2.22. The number of nitrogens with zero attached hydrogens (tertiary/aromatic N) is 2. The monoisotopic (exact) mass is 381 g/mol. The van der Waals surface area contributed by atoms with Crippen molar-refractivity contribution in [3.05, 3.63) is 42.2 Å². The van der Waals surface area contributed by atoms with Crippen LogP contribution in [0.2, 0.25) is 0 Å². The Morgan fingerprint density at radius 1 is 1.18 bits per heavy atom. The number of aryl methyl sites for hydroxylation is 2. The number of amides is 1. The first kappa shape index (κ1) is 20.6. The molecule has 1 aromatic carbocycles. The third-order valence-corrected chi connectivity index (χ3v) is 5.97. The lowest BCUT2D eigenvalue weighted by Crippen LogP contribution is -2.24. The summed E-state index contributed by atoms with van der Waals surface area (Å²) in [5.41, 5.74) is 2.98. The number of fused-ring (bicyclic) bond motifs is 1. The molecule has 1 aliphatic rings. The Hall–Kier alpha value is -2.10. The van der Waals surface area contributed by atoms with Gasteiger partial charge in [0.15, 0.2) is 0 Å². The van der Waals surface area contributed by atoms with Crippen molar-refractivity contribution in [3.63, 3.8) is 0 Å². The van der Waals surface area contributed by atoms with Gasteiger partial charge in [0, 0.05) is 25.1 Å². The number of rotatable bonds is 10. The molecule has 1 N–H and O–H groups in total. The standard InChI is InChI=1S/C24H35N3O/c1-19(2)24(28)25-17-10-4-7-15-23-26-21-13-8-9-14-22(21)27(23)18-16-20-11-5-3-6-12-20/h8-9,13-14,20H,1,3-7,10-12,15-18H2,2H3,(H,25,28). The summed E-state index contributed by atoms with van der Waals surface area (Å²) in [4.78, 5) is 16.4. The van der Waals surface area contributed by atoms with Crippen LogP contribution in [0, 0.1) is 5.92 Å². The van der Waals surface area contributed by atoms with Gasteiger partial charge in [0.25, 0.3) is 0 Å². The highest BCUT2D eigenvalue weighted by atomic mass is 16.1. The molecule has 152 valence electrons. The second-order valence-corrected chi connectivity index (χ2v) is 8.31. The Morgan fingerprint density at radius 2 is 1.96 bits per heavy atom. The first-order valence-electron chi connectivity index (χ1n) is 11.0. The van der Waals surface area contributed by atoms with Crippen LogP contribution in [-0.2, 0) is 17.8 Å². The molecule has 1 aromatic heterocycles. The molecule has 0 spiro atoms. The van der Waals surface area contributed by atoms with Crippen LogP contribution in [0.15, 0.2) is 36.4 Å². The zero-order chi connectivity index (χ0) is 19.8. The fraction of sp³-hybridized carbons (Fsp3) is 0.583. The van der Waals surface area contributed by atoms with Crippen molar-refractivity contribution in [2.75, 3.05) is 6.54 Å². The molecular formula is C24H35N3O. The van der Waals surface area contributed by atoms with Crippen LogP contribution in [0.1, 0.15) is 70.5 Å². The van der Waals surface area contributed by atoms with E-state index in [-0.39, 0.29) is 5.91 Å². The number of benzene rings is 1. The second-order valence-electron chi connectivity index (χ2n) is 8.31. The van der Waals surface area contributed by atoms with Crippen LogP contribution in [0.3, 0.4) is 0 Å². The normalized spacial score (nSPS) is 15.0. The fourth-order valence-corrected chi connectivity index (χ4v) is 4.29. The SMILES string of the molecule is C=C(C)C(=O)NCCCCCc1nc2ccccc2n1CCC1CCCCC1. The van der Waals surface area contributed by atoms with Crippen molar-refractivity contribution in [3.8, 4) is 0 Å². The van der Waals surface area contributed by atoms with E-state index in [1.807, 2.05) is 0 Å². The van der Waals surface area contributed by atoms with E-state index in [0.717, 1.165) is 50.2 Å². The lowest BCUT2D eigenvalue weighted by atomic mass is 9.87. The molecule has 0 unspecified atom stereocenters. The minimum atomic E-state index is -0.0375. The number of imidazole rings is 1. The third-order valence-electron chi connectivity index (χ3n) is 5.97. The van der Waals surface area contributed by atoms with Crippen LogP contribution < -0.4 is 5.32 Å². The predicted molar refractivity (Wildman–Crippen MR) is 116 cm³/mol. The molecule has 0 bridgehead atoms. The van der Waals surface area contributed by atoms with Crippen LogP contribution in [0.4, 0.5) is 0 Å². The maximum absolute atomic E-state index is 11.5. The second kappa shape index (κ2) is 10.4. The van der Waals surface area contributed by atoms with Crippen LogP contribution in [0.25, 0.3) is 11.0 Å². The van der Waals surface area contributed by atoms with E-state index >= 15 is 0 Å². The highest BCUT2D eigenvalue weighted by Crippen LogP contribution is 2.28. The fourth-order valence-electron chi connectivity index (χ4n) is 4.29. The zero-order valence-electron chi connectivity index (χ0n) is 17.4. The predicted octanol–water partition coefficient (Wildman–Crippen LogP) is 5.41. The molecule has 0 aliphatic heterocycles. The molecule has 28 heavy (non-hydrogen) atoms. The van der Waals surface area contributed by atoms with Crippen molar-refractivity contribution < 1.29 is 4.79 Å². The first-order valence-corrected chi connectivity index (χ1v) is 11.0. The molecule has 4 nitrogen and oxygen atoms in total. The van der Waals surface area contributed by atoms with Gasteiger partial charge in [-0.3, -0.25) is 4.79 Å². The van der Waals surface area contributed by atoms with Gasteiger partial charge in [-0.05, 0) is 44.2 Å². The van der Waals surface area contributed by atoms with E-state index < -0.39 is 0 Å². The third kappa shape index (κ3) is 5.70. The van der Waals surface area contributed by atoms with Crippen LogP contribution >= 0.6 is 0 Å². The summed E-state index contributed by atoms with van der Waals surface area (Å²) in [5.74, 6) is 2.08. The molecule has 0 saturated heterocycles. The van der Waals surface area contributed by atoms with Crippen molar-refractivity contribution >= 4 is 16.9 Å². The summed E-state index contributed by atoms with van der Waals surface area (Å²) in [7, 11) is 0. The number of aromatic nitrogens is 2. The highest BCUT2D eigenvalue weighted by molar-refractivity contribution is 5.92. The largest absolute Gasteiger partial charge is 0.352 e. The van der Waals surface area contributed by atoms with E-state index in [2.05, 4.69) is 40.7 Å². The van der Waals surface area contributed by atoms with Gasteiger partial charge in [-0.1, -0.05) is 57.2 Å². The maximum Gasteiger partial charge on any atom is 0.246 e. The van der Waals surface area contributed by atoms with E-state index in [4.69, 9.17) is 4.98 Å². The lowest BCUT2D eigenvalue weighted by molar-refractivity contribution is -0.117. The van der Waals surface area contributed by atoms with Gasteiger partial charge in [-0.15, -0.1) is 0 Å². The number of hydrogen-bond donors (Lipinski definition) is 1. The minimum absolute atomic E-state index is 0.0375. The number of hydrogen-bond acceptors (Lipinski definition) is 2. The summed E-state index contributed by atoms with van der Waals surface area (Å²) in [6.45, 7) is 7.23. The van der Waals surface area contributed by atoms with Crippen molar-refractivity contribution in [2.45, 2.75) is 77.7 Å².